The lowest BCUT2D eigenvalue weighted by molar-refractivity contribution is -0.126. The zero-order chi connectivity index (χ0) is 24.5. The Hall–Kier alpha value is -2.10. The van der Waals surface area contributed by atoms with E-state index in [1.54, 1.807) is 18.4 Å². The van der Waals surface area contributed by atoms with E-state index in [0.717, 1.165) is 38.7 Å². The Balaban J connectivity index is 1.93. The first-order valence-corrected chi connectivity index (χ1v) is 13.3. The molecule has 4 unspecified atom stereocenters. The highest BCUT2D eigenvalue weighted by Crippen LogP contribution is 2.45. The SMILES string of the molecule is COCCNC(=O)C1(C)C(c2ccsc2)C(c2ccc(C)cc2C)=NN1c1ccc(P)cc1P. The lowest BCUT2D eigenvalue weighted by atomic mass is 9.75. The van der Waals surface area contributed by atoms with Crippen molar-refractivity contribution < 1.29 is 9.53 Å². The average Bonchev–Trinajstić information content (AvgIpc) is 3.41. The summed E-state index contributed by atoms with van der Waals surface area (Å²) in [7, 11) is 7.16. The van der Waals surface area contributed by atoms with E-state index in [4.69, 9.17) is 9.84 Å². The van der Waals surface area contributed by atoms with Crippen molar-refractivity contribution in [1.29, 1.82) is 0 Å². The number of anilines is 1. The van der Waals surface area contributed by atoms with Crippen molar-refractivity contribution in [2.75, 3.05) is 25.3 Å². The number of hydrazone groups is 1. The van der Waals surface area contributed by atoms with Crippen molar-refractivity contribution in [3.05, 3.63) is 75.5 Å². The number of amides is 1. The molecular weight excluding hydrogens is 480 g/mol. The average molecular weight is 512 g/mol. The van der Waals surface area contributed by atoms with Crippen LogP contribution in [-0.2, 0) is 9.53 Å². The monoisotopic (exact) mass is 511 g/mol. The van der Waals surface area contributed by atoms with Gasteiger partial charge in [0.25, 0.3) is 0 Å². The lowest BCUT2D eigenvalue weighted by Gasteiger charge is -2.38. The van der Waals surface area contributed by atoms with Gasteiger partial charge >= 0.3 is 0 Å². The Morgan fingerprint density at radius 3 is 2.65 bits per heavy atom. The fraction of sp³-hybridized carbons (Fsp3) is 0.308. The van der Waals surface area contributed by atoms with Gasteiger partial charge in [-0.1, -0.05) is 29.8 Å². The van der Waals surface area contributed by atoms with Crippen LogP contribution in [0.2, 0.25) is 0 Å². The summed E-state index contributed by atoms with van der Waals surface area (Å²) < 4.78 is 5.19. The predicted octanol–water partition coefficient (Wildman–Crippen LogP) is 3.90. The number of rotatable bonds is 7. The molecule has 1 aliphatic rings. The van der Waals surface area contributed by atoms with Crippen molar-refractivity contribution in [2.24, 2.45) is 5.10 Å². The van der Waals surface area contributed by atoms with Gasteiger partial charge in [0.05, 0.1) is 23.9 Å². The molecule has 4 atom stereocenters. The second-order valence-corrected chi connectivity index (χ2v) is 10.9. The van der Waals surface area contributed by atoms with Crippen LogP contribution in [0, 0.1) is 13.8 Å². The van der Waals surface area contributed by atoms with Crippen LogP contribution < -0.4 is 20.9 Å². The number of aryl methyl sites for hydroxylation is 2. The highest BCUT2D eigenvalue weighted by atomic mass is 32.1. The third-order valence-electron chi connectivity index (χ3n) is 6.35. The predicted molar refractivity (Wildman–Crippen MR) is 150 cm³/mol. The molecule has 178 valence electrons. The summed E-state index contributed by atoms with van der Waals surface area (Å²) in [5.41, 5.74) is 5.31. The third kappa shape index (κ3) is 4.57. The van der Waals surface area contributed by atoms with Crippen molar-refractivity contribution >= 4 is 57.7 Å². The van der Waals surface area contributed by atoms with Crippen molar-refractivity contribution in [2.45, 2.75) is 32.2 Å². The molecule has 0 aliphatic carbocycles. The minimum absolute atomic E-state index is 0.0800. The molecule has 34 heavy (non-hydrogen) atoms. The standard InChI is InChI=1S/C26H31N3O2P2S/c1-16-5-7-20(17(2)13-16)24-23(18-9-12-34-15-18)26(3,25(30)27-10-11-31-4)29(28-24)21-8-6-19(32)14-22(21)33/h5-9,12-15,23H,10-11,32-33H2,1-4H3,(H,27,30). The number of nitrogens with zero attached hydrogens (tertiary/aromatic N) is 2. The quantitative estimate of drug-likeness (QED) is 0.387. The number of carbonyl (C=O) groups excluding carboxylic acids is 1. The summed E-state index contributed by atoms with van der Waals surface area (Å²) >= 11 is 1.63. The molecule has 1 aliphatic heterocycles. The van der Waals surface area contributed by atoms with E-state index in [1.165, 1.54) is 5.56 Å². The molecule has 1 aromatic heterocycles. The Kier molecular flexibility index (Phi) is 7.54. The summed E-state index contributed by atoms with van der Waals surface area (Å²) in [5.74, 6) is -0.327. The number of thiophene rings is 1. The van der Waals surface area contributed by atoms with Crippen LogP contribution in [0.15, 0.2) is 58.3 Å². The van der Waals surface area contributed by atoms with Gasteiger partial charge in [0.2, 0.25) is 5.91 Å². The van der Waals surface area contributed by atoms with Crippen molar-refractivity contribution in [3.63, 3.8) is 0 Å². The molecule has 1 amide bonds. The minimum Gasteiger partial charge on any atom is -0.383 e. The van der Waals surface area contributed by atoms with Crippen molar-refractivity contribution in [3.8, 4) is 0 Å². The van der Waals surface area contributed by atoms with Gasteiger partial charge in [-0.05, 0) is 71.5 Å². The molecule has 0 saturated heterocycles. The number of benzene rings is 2. The summed E-state index contributed by atoms with van der Waals surface area (Å²) in [6.07, 6.45) is 0. The second-order valence-electron chi connectivity index (χ2n) is 8.82. The Morgan fingerprint density at radius 1 is 1.21 bits per heavy atom. The fourth-order valence-electron chi connectivity index (χ4n) is 4.63. The number of carbonyl (C=O) groups is 1. The van der Waals surface area contributed by atoms with Gasteiger partial charge in [-0.25, -0.2) is 5.01 Å². The first-order chi connectivity index (χ1) is 16.3. The first kappa shape index (κ1) is 25.0. The van der Waals surface area contributed by atoms with E-state index in [0.29, 0.717) is 13.2 Å². The van der Waals surface area contributed by atoms with Gasteiger partial charge in [-0.3, -0.25) is 4.79 Å². The molecule has 2 aromatic carbocycles. The fourth-order valence-corrected chi connectivity index (χ4v) is 6.20. The van der Waals surface area contributed by atoms with E-state index in [-0.39, 0.29) is 11.8 Å². The zero-order valence-electron chi connectivity index (χ0n) is 20.0. The molecule has 0 fully saturated rings. The van der Waals surface area contributed by atoms with Crippen LogP contribution in [0.4, 0.5) is 5.69 Å². The van der Waals surface area contributed by atoms with E-state index in [1.807, 2.05) is 24.1 Å². The highest BCUT2D eigenvalue weighted by Gasteiger charge is 2.55. The number of hydrogen-bond acceptors (Lipinski definition) is 5. The van der Waals surface area contributed by atoms with Gasteiger partial charge in [0.1, 0.15) is 0 Å². The number of nitrogens with one attached hydrogen (secondary N) is 1. The number of ether oxygens (including phenoxy) is 1. The molecule has 2 heterocycles. The highest BCUT2D eigenvalue weighted by molar-refractivity contribution is 7.29. The van der Waals surface area contributed by atoms with Crippen LogP contribution in [0.1, 0.15) is 35.1 Å². The molecular formula is C26H31N3O2P2S. The van der Waals surface area contributed by atoms with Crippen LogP contribution in [0.25, 0.3) is 0 Å². The molecule has 3 aromatic rings. The second kappa shape index (κ2) is 10.3. The van der Waals surface area contributed by atoms with Gasteiger partial charge < -0.3 is 10.1 Å². The minimum atomic E-state index is -0.977. The molecule has 0 bridgehead atoms. The van der Waals surface area contributed by atoms with Gasteiger partial charge in [-0.15, -0.1) is 18.5 Å². The smallest absolute Gasteiger partial charge is 0.248 e. The number of hydrogen-bond donors (Lipinski definition) is 1. The third-order valence-corrected chi connectivity index (χ3v) is 7.87. The van der Waals surface area contributed by atoms with Crippen LogP contribution in [0.5, 0.6) is 0 Å². The molecule has 5 nitrogen and oxygen atoms in total. The summed E-state index contributed by atoms with van der Waals surface area (Å²) in [5, 5.41) is 16.5. The molecule has 0 radical (unpaired) electrons. The van der Waals surface area contributed by atoms with Crippen LogP contribution in [0.3, 0.4) is 0 Å². The molecule has 0 saturated carbocycles. The zero-order valence-corrected chi connectivity index (χ0v) is 23.1. The summed E-state index contributed by atoms with van der Waals surface area (Å²) in [4.78, 5) is 13.9. The largest absolute Gasteiger partial charge is 0.383 e. The maximum Gasteiger partial charge on any atom is 0.248 e. The molecule has 4 rings (SSSR count). The van der Waals surface area contributed by atoms with Gasteiger partial charge in [0.15, 0.2) is 5.54 Å². The maximum atomic E-state index is 13.9. The van der Waals surface area contributed by atoms with Crippen LogP contribution >= 0.6 is 29.8 Å². The van der Waals surface area contributed by atoms with E-state index < -0.39 is 5.54 Å². The van der Waals surface area contributed by atoms with Gasteiger partial charge in [-0.2, -0.15) is 16.4 Å². The van der Waals surface area contributed by atoms with E-state index >= 15 is 0 Å². The summed E-state index contributed by atoms with van der Waals surface area (Å²) in [6.45, 7) is 7.08. The number of methoxy groups -OCH3 is 1. The lowest BCUT2D eigenvalue weighted by Crippen LogP contribution is -2.57. The first-order valence-electron chi connectivity index (χ1n) is 11.2. The Labute approximate surface area is 210 Å². The van der Waals surface area contributed by atoms with Gasteiger partial charge in [0, 0.05) is 19.2 Å². The van der Waals surface area contributed by atoms with E-state index in [9.17, 15) is 4.79 Å². The van der Waals surface area contributed by atoms with Crippen molar-refractivity contribution in [1.82, 2.24) is 5.32 Å². The Bertz CT molecular complexity index is 1230. The topological polar surface area (TPSA) is 53.9 Å². The molecule has 0 spiro atoms. The van der Waals surface area contributed by atoms with Crippen LogP contribution in [-0.4, -0.2) is 37.4 Å². The van der Waals surface area contributed by atoms with E-state index in [2.05, 4.69) is 78.7 Å². The summed E-state index contributed by atoms with van der Waals surface area (Å²) in [6, 6.07) is 14.6. The normalized spacial score (nSPS) is 19.9. The Morgan fingerprint density at radius 2 is 2.00 bits per heavy atom. The maximum absolute atomic E-state index is 13.9. The molecule has 1 N–H and O–H groups in total. The molecule has 8 heteroatoms.